The van der Waals surface area contributed by atoms with E-state index >= 15 is 0 Å². The molecule has 3 aromatic rings. The Balaban J connectivity index is 1.63. The standard InChI is InChI=1S/C18H16BrN3O2S/c1-24-15-5-2-13(3-6-15)4-7-18(23)21-17-8-9-20-22(17)11-16-10-14(19)12-25-16/h2-10,12H,11H2,1H3,(H,21,23)/b7-4+. The van der Waals surface area contributed by atoms with Gasteiger partial charge in [0, 0.05) is 26.9 Å². The summed E-state index contributed by atoms with van der Waals surface area (Å²) >= 11 is 5.08. The summed E-state index contributed by atoms with van der Waals surface area (Å²) in [5.41, 5.74) is 0.924. The molecule has 0 aliphatic carbocycles. The quantitative estimate of drug-likeness (QED) is 0.604. The zero-order valence-electron chi connectivity index (χ0n) is 13.5. The smallest absolute Gasteiger partial charge is 0.249 e. The van der Waals surface area contributed by atoms with Crippen molar-refractivity contribution in [2.24, 2.45) is 0 Å². The van der Waals surface area contributed by atoms with E-state index in [9.17, 15) is 4.79 Å². The minimum Gasteiger partial charge on any atom is -0.497 e. The van der Waals surface area contributed by atoms with E-state index in [4.69, 9.17) is 4.74 Å². The summed E-state index contributed by atoms with van der Waals surface area (Å²) < 4.78 is 7.92. The van der Waals surface area contributed by atoms with E-state index in [0.717, 1.165) is 20.7 Å². The Bertz CT molecular complexity index is 884. The summed E-state index contributed by atoms with van der Waals surface area (Å²) in [6, 6.07) is 11.3. The first-order chi connectivity index (χ1) is 12.1. The van der Waals surface area contributed by atoms with Crippen LogP contribution in [0.3, 0.4) is 0 Å². The number of amides is 1. The van der Waals surface area contributed by atoms with Crippen molar-refractivity contribution < 1.29 is 9.53 Å². The number of aromatic nitrogens is 2. The first kappa shape index (κ1) is 17.4. The SMILES string of the molecule is COc1ccc(/C=C/C(=O)Nc2ccnn2Cc2cc(Br)cs2)cc1. The molecule has 128 valence electrons. The molecule has 1 amide bonds. The molecular weight excluding hydrogens is 402 g/mol. The maximum atomic E-state index is 12.1. The van der Waals surface area contributed by atoms with Crippen molar-refractivity contribution in [3.8, 4) is 5.75 Å². The molecule has 5 nitrogen and oxygen atoms in total. The molecule has 0 spiro atoms. The molecular formula is C18H16BrN3O2S. The van der Waals surface area contributed by atoms with Gasteiger partial charge in [-0.15, -0.1) is 11.3 Å². The van der Waals surface area contributed by atoms with Gasteiger partial charge in [-0.05, 0) is 45.8 Å². The topological polar surface area (TPSA) is 56.1 Å². The highest BCUT2D eigenvalue weighted by atomic mass is 79.9. The van der Waals surface area contributed by atoms with E-state index in [1.54, 1.807) is 41.5 Å². The van der Waals surface area contributed by atoms with Crippen LogP contribution in [-0.2, 0) is 11.3 Å². The Morgan fingerprint density at radius 2 is 2.16 bits per heavy atom. The maximum absolute atomic E-state index is 12.1. The maximum Gasteiger partial charge on any atom is 0.249 e. The first-order valence-corrected chi connectivity index (χ1v) is 9.19. The van der Waals surface area contributed by atoms with E-state index in [1.807, 2.05) is 35.7 Å². The Kier molecular flexibility index (Phi) is 5.67. The van der Waals surface area contributed by atoms with Gasteiger partial charge in [0.05, 0.1) is 19.9 Å². The average molecular weight is 418 g/mol. The normalized spacial score (nSPS) is 11.0. The first-order valence-electron chi connectivity index (χ1n) is 7.52. The van der Waals surface area contributed by atoms with Gasteiger partial charge < -0.3 is 10.1 Å². The highest BCUT2D eigenvalue weighted by Gasteiger charge is 2.07. The largest absolute Gasteiger partial charge is 0.497 e. The number of halogens is 1. The number of rotatable bonds is 6. The van der Waals surface area contributed by atoms with Crippen LogP contribution in [0.4, 0.5) is 5.82 Å². The fraction of sp³-hybridized carbons (Fsp3) is 0.111. The summed E-state index contributed by atoms with van der Waals surface area (Å²) in [5, 5.41) is 9.14. The Labute approximate surface area is 158 Å². The number of hydrogen-bond donors (Lipinski definition) is 1. The molecule has 0 aliphatic heterocycles. The van der Waals surface area contributed by atoms with E-state index < -0.39 is 0 Å². The summed E-state index contributed by atoms with van der Waals surface area (Å²) in [6.45, 7) is 0.612. The predicted octanol–water partition coefficient (Wildman–Crippen LogP) is 4.42. The third kappa shape index (κ3) is 4.80. The van der Waals surface area contributed by atoms with E-state index in [2.05, 4.69) is 26.3 Å². The number of anilines is 1. The number of nitrogens with one attached hydrogen (secondary N) is 1. The van der Waals surface area contributed by atoms with Crippen molar-refractivity contribution in [3.05, 3.63) is 69.0 Å². The number of methoxy groups -OCH3 is 1. The minimum atomic E-state index is -0.204. The molecule has 0 fully saturated rings. The second-order valence-electron chi connectivity index (χ2n) is 5.20. The van der Waals surface area contributed by atoms with Gasteiger partial charge >= 0.3 is 0 Å². The second-order valence-corrected chi connectivity index (χ2v) is 7.11. The van der Waals surface area contributed by atoms with Crippen LogP contribution in [0.1, 0.15) is 10.4 Å². The molecule has 0 bridgehead atoms. The lowest BCUT2D eigenvalue weighted by Crippen LogP contribution is -2.13. The van der Waals surface area contributed by atoms with Gasteiger partial charge in [-0.25, -0.2) is 4.68 Å². The van der Waals surface area contributed by atoms with Crippen molar-refractivity contribution in [2.75, 3.05) is 12.4 Å². The Morgan fingerprint density at radius 1 is 1.36 bits per heavy atom. The fourth-order valence-electron chi connectivity index (χ4n) is 2.20. The van der Waals surface area contributed by atoms with Gasteiger partial charge in [0.25, 0.3) is 0 Å². The third-order valence-corrected chi connectivity index (χ3v) is 5.12. The molecule has 3 rings (SSSR count). The molecule has 2 aromatic heterocycles. The van der Waals surface area contributed by atoms with Gasteiger partial charge in [0.1, 0.15) is 11.6 Å². The lowest BCUT2D eigenvalue weighted by atomic mass is 10.2. The molecule has 0 unspecified atom stereocenters. The summed E-state index contributed by atoms with van der Waals surface area (Å²) in [6.07, 6.45) is 4.93. The van der Waals surface area contributed by atoms with Crippen LogP contribution in [0.2, 0.25) is 0 Å². The van der Waals surface area contributed by atoms with E-state index in [-0.39, 0.29) is 5.91 Å². The molecule has 0 atom stereocenters. The molecule has 7 heteroatoms. The van der Waals surface area contributed by atoms with Gasteiger partial charge in [0.15, 0.2) is 0 Å². The summed E-state index contributed by atoms with van der Waals surface area (Å²) in [5.74, 6) is 1.24. The highest BCUT2D eigenvalue weighted by molar-refractivity contribution is 9.10. The van der Waals surface area contributed by atoms with Crippen molar-refractivity contribution in [1.82, 2.24) is 9.78 Å². The van der Waals surface area contributed by atoms with E-state index in [0.29, 0.717) is 12.4 Å². The number of nitrogens with zero attached hydrogens (tertiary/aromatic N) is 2. The Morgan fingerprint density at radius 3 is 2.84 bits per heavy atom. The second kappa shape index (κ2) is 8.13. The van der Waals surface area contributed by atoms with Crippen LogP contribution < -0.4 is 10.1 Å². The number of thiophene rings is 1. The molecule has 25 heavy (non-hydrogen) atoms. The number of hydrogen-bond acceptors (Lipinski definition) is 4. The summed E-state index contributed by atoms with van der Waals surface area (Å²) in [7, 11) is 1.62. The van der Waals surface area contributed by atoms with Crippen LogP contribution in [0.25, 0.3) is 6.08 Å². The van der Waals surface area contributed by atoms with Crippen LogP contribution in [0.15, 0.2) is 58.5 Å². The zero-order chi connectivity index (χ0) is 17.6. The lowest BCUT2D eigenvalue weighted by Gasteiger charge is -2.06. The van der Waals surface area contributed by atoms with Crippen LogP contribution >= 0.6 is 27.3 Å². The number of carbonyl (C=O) groups is 1. The van der Waals surface area contributed by atoms with Crippen LogP contribution in [-0.4, -0.2) is 22.8 Å². The van der Waals surface area contributed by atoms with E-state index in [1.165, 1.54) is 6.08 Å². The summed E-state index contributed by atoms with van der Waals surface area (Å²) in [4.78, 5) is 13.3. The molecule has 2 heterocycles. The van der Waals surface area contributed by atoms with Gasteiger partial charge in [-0.2, -0.15) is 5.10 Å². The fourth-order valence-corrected chi connectivity index (χ4v) is 3.64. The molecule has 0 radical (unpaired) electrons. The molecule has 1 aromatic carbocycles. The molecule has 0 saturated heterocycles. The van der Waals surface area contributed by atoms with Gasteiger partial charge in [0.2, 0.25) is 5.91 Å². The monoisotopic (exact) mass is 417 g/mol. The third-order valence-electron chi connectivity index (χ3n) is 3.44. The number of carbonyl (C=O) groups excluding carboxylic acids is 1. The van der Waals surface area contributed by atoms with Gasteiger partial charge in [-0.1, -0.05) is 12.1 Å². The highest BCUT2D eigenvalue weighted by Crippen LogP contribution is 2.21. The number of ether oxygens (including phenoxy) is 1. The van der Waals surface area contributed by atoms with Crippen molar-refractivity contribution in [3.63, 3.8) is 0 Å². The average Bonchev–Trinajstić information content (AvgIpc) is 3.23. The predicted molar refractivity (Wildman–Crippen MR) is 104 cm³/mol. The lowest BCUT2D eigenvalue weighted by molar-refractivity contribution is -0.111. The van der Waals surface area contributed by atoms with Crippen LogP contribution in [0, 0.1) is 0 Å². The van der Waals surface area contributed by atoms with Crippen molar-refractivity contribution in [1.29, 1.82) is 0 Å². The number of benzene rings is 1. The van der Waals surface area contributed by atoms with Gasteiger partial charge in [-0.3, -0.25) is 4.79 Å². The zero-order valence-corrected chi connectivity index (χ0v) is 15.9. The van der Waals surface area contributed by atoms with Crippen molar-refractivity contribution >= 4 is 45.1 Å². The van der Waals surface area contributed by atoms with Crippen LogP contribution in [0.5, 0.6) is 5.75 Å². The molecule has 1 N–H and O–H groups in total. The molecule has 0 aliphatic rings. The minimum absolute atomic E-state index is 0.204. The van der Waals surface area contributed by atoms with Crippen molar-refractivity contribution in [2.45, 2.75) is 6.54 Å². The Hall–Kier alpha value is -2.38. The molecule has 0 saturated carbocycles.